The van der Waals surface area contributed by atoms with E-state index in [1.165, 1.54) is 21.6 Å². The van der Waals surface area contributed by atoms with Crippen LogP contribution in [0.5, 0.6) is 5.75 Å². The van der Waals surface area contributed by atoms with Gasteiger partial charge in [0.2, 0.25) is 0 Å². The zero-order valence-corrected chi connectivity index (χ0v) is 19.1. The minimum absolute atomic E-state index is 0.266. The van der Waals surface area contributed by atoms with Crippen LogP contribution in [0.2, 0.25) is 0 Å². The van der Waals surface area contributed by atoms with Crippen molar-refractivity contribution in [3.05, 3.63) is 81.5 Å². The number of benzene rings is 2. The molecule has 152 valence electrons. The van der Waals surface area contributed by atoms with E-state index in [1.54, 1.807) is 18.4 Å². The second-order valence-corrected chi connectivity index (χ2v) is 8.76. The fourth-order valence-electron chi connectivity index (χ4n) is 3.20. The molecule has 3 aromatic rings. The summed E-state index contributed by atoms with van der Waals surface area (Å²) in [6, 6.07) is 19.1. The first-order chi connectivity index (χ1) is 14.0. The van der Waals surface area contributed by atoms with Crippen LogP contribution >= 0.6 is 23.6 Å². The maximum atomic E-state index is 5.85. The average molecular weight is 425 g/mol. The Hall–Kier alpha value is -2.37. The van der Waals surface area contributed by atoms with Gasteiger partial charge in [-0.1, -0.05) is 24.3 Å². The molecule has 0 radical (unpaired) electrons. The fraction of sp³-hybridized carbons (Fsp3) is 0.292. The van der Waals surface area contributed by atoms with Crippen molar-refractivity contribution in [2.75, 3.05) is 12.4 Å². The normalized spacial score (nSPS) is 11.7. The molecule has 1 N–H and O–H groups in total. The molecule has 0 unspecified atom stereocenters. The summed E-state index contributed by atoms with van der Waals surface area (Å²) in [4.78, 5) is 3.64. The van der Waals surface area contributed by atoms with E-state index in [0.29, 0.717) is 0 Å². The Labute approximate surface area is 183 Å². The van der Waals surface area contributed by atoms with Gasteiger partial charge in [-0.3, -0.25) is 0 Å². The minimum Gasteiger partial charge on any atom is -0.497 e. The Bertz CT molecular complexity index is 936. The van der Waals surface area contributed by atoms with Gasteiger partial charge in [-0.05, 0) is 85.4 Å². The Balaban J connectivity index is 1.79. The SMILES string of the molecule is COc1ccc(CN(C(=S)Nc2ccc(C)c(C)c2)[C@@H](C)Cc2cccs2)cc1. The largest absolute Gasteiger partial charge is 0.497 e. The molecule has 1 aromatic heterocycles. The zero-order valence-electron chi connectivity index (χ0n) is 17.4. The number of ether oxygens (including phenoxy) is 1. The van der Waals surface area contributed by atoms with Crippen molar-refractivity contribution >= 4 is 34.4 Å². The molecule has 0 aliphatic carbocycles. The highest BCUT2D eigenvalue weighted by Crippen LogP contribution is 2.21. The Morgan fingerprint density at radius 2 is 1.86 bits per heavy atom. The van der Waals surface area contributed by atoms with E-state index in [0.717, 1.165) is 29.5 Å². The summed E-state index contributed by atoms with van der Waals surface area (Å²) in [6.45, 7) is 7.22. The van der Waals surface area contributed by atoms with Crippen molar-refractivity contribution in [3.8, 4) is 5.75 Å². The maximum Gasteiger partial charge on any atom is 0.173 e. The number of methoxy groups -OCH3 is 1. The summed E-state index contributed by atoms with van der Waals surface area (Å²) < 4.78 is 5.29. The summed E-state index contributed by atoms with van der Waals surface area (Å²) in [6.07, 6.45) is 0.961. The lowest BCUT2D eigenvalue weighted by Gasteiger charge is -2.32. The molecule has 0 bridgehead atoms. The van der Waals surface area contributed by atoms with Gasteiger partial charge < -0.3 is 15.0 Å². The maximum absolute atomic E-state index is 5.85. The van der Waals surface area contributed by atoms with Crippen LogP contribution in [0, 0.1) is 13.8 Å². The number of hydrogen-bond donors (Lipinski definition) is 1. The van der Waals surface area contributed by atoms with Gasteiger partial charge in [-0.15, -0.1) is 11.3 Å². The van der Waals surface area contributed by atoms with Gasteiger partial charge in [0.1, 0.15) is 5.75 Å². The molecule has 29 heavy (non-hydrogen) atoms. The summed E-state index contributed by atoms with van der Waals surface area (Å²) in [5.74, 6) is 0.864. The second kappa shape index (κ2) is 9.90. The first-order valence-electron chi connectivity index (χ1n) is 9.76. The predicted octanol–water partition coefficient (Wildman–Crippen LogP) is 6.20. The topological polar surface area (TPSA) is 24.5 Å². The third kappa shape index (κ3) is 5.81. The van der Waals surface area contributed by atoms with Crippen molar-refractivity contribution in [3.63, 3.8) is 0 Å². The lowest BCUT2D eigenvalue weighted by Crippen LogP contribution is -2.41. The molecule has 3 nitrogen and oxygen atoms in total. The third-order valence-electron chi connectivity index (χ3n) is 5.14. The molecule has 0 aliphatic rings. The zero-order chi connectivity index (χ0) is 20.8. The fourth-order valence-corrected chi connectivity index (χ4v) is 4.39. The highest BCUT2D eigenvalue weighted by atomic mass is 32.1. The van der Waals surface area contributed by atoms with E-state index in [4.69, 9.17) is 17.0 Å². The smallest absolute Gasteiger partial charge is 0.173 e. The van der Waals surface area contributed by atoms with E-state index in [1.807, 2.05) is 12.1 Å². The molecule has 0 aliphatic heterocycles. The van der Waals surface area contributed by atoms with E-state index in [2.05, 4.69) is 78.8 Å². The monoisotopic (exact) mass is 424 g/mol. The van der Waals surface area contributed by atoms with E-state index in [9.17, 15) is 0 Å². The van der Waals surface area contributed by atoms with Crippen LogP contribution < -0.4 is 10.1 Å². The predicted molar refractivity (Wildman–Crippen MR) is 128 cm³/mol. The standard InChI is InChI=1S/C24H28N2OS2/c1-17-7-10-21(14-18(17)2)25-24(28)26(19(3)15-23-6-5-13-29-23)16-20-8-11-22(27-4)12-9-20/h5-14,19H,15-16H2,1-4H3,(H,25,28)/t19-/m0/s1. The van der Waals surface area contributed by atoms with Gasteiger partial charge in [0.05, 0.1) is 7.11 Å². The van der Waals surface area contributed by atoms with Gasteiger partial charge in [0.25, 0.3) is 0 Å². The van der Waals surface area contributed by atoms with E-state index < -0.39 is 0 Å². The number of aryl methyl sites for hydroxylation is 2. The molecule has 2 aromatic carbocycles. The Kier molecular flexibility index (Phi) is 7.29. The van der Waals surface area contributed by atoms with Crippen molar-refractivity contribution in [1.82, 2.24) is 4.90 Å². The first-order valence-corrected chi connectivity index (χ1v) is 11.0. The number of rotatable bonds is 7. The average Bonchev–Trinajstić information content (AvgIpc) is 3.22. The van der Waals surface area contributed by atoms with E-state index >= 15 is 0 Å². The van der Waals surface area contributed by atoms with Crippen LogP contribution in [0.25, 0.3) is 0 Å². The number of thiophene rings is 1. The van der Waals surface area contributed by atoms with Crippen LogP contribution in [-0.4, -0.2) is 23.2 Å². The molecule has 3 rings (SSSR count). The summed E-state index contributed by atoms with van der Waals surface area (Å²) in [5.41, 5.74) is 4.77. The molecular weight excluding hydrogens is 396 g/mol. The van der Waals surface area contributed by atoms with Crippen LogP contribution in [0.1, 0.15) is 28.5 Å². The van der Waals surface area contributed by atoms with Gasteiger partial charge in [0.15, 0.2) is 5.11 Å². The number of nitrogens with one attached hydrogen (secondary N) is 1. The van der Waals surface area contributed by atoms with Gasteiger partial charge in [-0.25, -0.2) is 0 Å². The highest BCUT2D eigenvalue weighted by Gasteiger charge is 2.19. The lowest BCUT2D eigenvalue weighted by atomic mass is 10.1. The number of thiocarbonyl (C=S) groups is 1. The lowest BCUT2D eigenvalue weighted by molar-refractivity contribution is 0.326. The van der Waals surface area contributed by atoms with Crippen LogP contribution in [0.4, 0.5) is 5.69 Å². The van der Waals surface area contributed by atoms with Crippen LogP contribution in [0.15, 0.2) is 60.0 Å². The van der Waals surface area contributed by atoms with Gasteiger partial charge in [0, 0.05) is 29.6 Å². The quantitative estimate of drug-likeness (QED) is 0.456. The molecule has 0 amide bonds. The van der Waals surface area contributed by atoms with Crippen LogP contribution in [0.3, 0.4) is 0 Å². The van der Waals surface area contributed by atoms with Crippen molar-refractivity contribution < 1.29 is 4.74 Å². The number of hydrogen-bond acceptors (Lipinski definition) is 3. The van der Waals surface area contributed by atoms with Crippen molar-refractivity contribution in [2.45, 2.75) is 39.8 Å². The third-order valence-corrected chi connectivity index (χ3v) is 6.38. The molecule has 1 atom stereocenters. The van der Waals surface area contributed by atoms with Crippen LogP contribution in [-0.2, 0) is 13.0 Å². The van der Waals surface area contributed by atoms with Crippen molar-refractivity contribution in [2.24, 2.45) is 0 Å². The highest BCUT2D eigenvalue weighted by molar-refractivity contribution is 7.80. The second-order valence-electron chi connectivity index (χ2n) is 7.34. The Morgan fingerprint density at radius 3 is 2.48 bits per heavy atom. The minimum atomic E-state index is 0.266. The van der Waals surface area contributed by atoms with Crippen molar-refractivity contribution in [1.29, 1.82) is 0 Å². The van der Waals surface area contributed by atoms with Gasteiger partial charge in [-0.2, -0.15) is 0 Å². The number of anilines is 1. The molecule has 0 saturated carbocycles. The van der Waals surface area contributed by atoms with Gasteiger partial charge >= 0.3 is 0 Å². The summed E-state index contributed by atoms with van der Waals surface area (Å²) >= 11 is 7.64. The van der Waals surface area contributed by atoms with E-state index in [-0.39, 0.29) is 6.04 Å². The molecule has 0 saturated heterocycles. The first kappa shape index (κ1) is 21.3. The molecule has 5 heteroatoms. The molecule has 0 spiro atoms. The molecule has 0 fully saturated rings. The number of nitrogens with zero attached hydrogens (tertiary/aromatic N) is 1. The summed E-state index contributed by atoms with van der Waals surface area (Å²) in [7, 11) is 1.69. The Morgan fingerprint density at radius 1 is 1.10 bits per heavy atom. The molecular formula is C24H28N2OS2. The summed E-state index contributed by atoms with van der Waals surface area (Å²) in [5, 5.41) is 6.32. The molecule has 1 heterocycles.